The molecule has 0 radical (unpaired) electrons. The van der Waals surface area contributed by atoms with E-state index in [1.807, 2.05) is 23.1 Å². The van der Waals surface area contributed by atoms with Gasteiger partial charge in [0.1, 0.15) is 6.07 Å². The standard InChI is InChI=1S/C17H14F2N2/c18-16-13(10-20)6-7-15(17(16)19)21-9-8-14(11-21)12-4-2-1-3-5-12/h1-7,14H,8-9,11H2. The summed E-state index contributed by atoms with van der Waals surface area (Å²) in [7, 11) is 0. The third kappa shape index (κ3) is 2.47. The van der Waals surface area contributed by atoms with Crippen molar-refractivity contribution in [3.8, 4) is 6.07 Å². The number of rotatable bonds is 2. The summed E-state index contributed by atoms with van der Waals surface area (Å²) in [6.45, 7) is 1.34. The molecule has 2 aromatic carbocycles. The molecule has 2 aromatic rings. The van der Waals surface area contributed by atoms with Crippen molar-refractivity contribution in [3.63, 3.8) is 0 Å². The van der Waals surface area contributed by atoms with E-state index in [1.54, 1.807) is 6.07 Å². The van der Waals surface area contributed by atoms with Crippen LogP contribution in [0, 0.1) is 23.0 Å². The van der Waals surface area contributed by atoms with Gasteiger partial charge in [-0.15, -0.1) is 0 Å². The van der Waals surface area contributed by atoms with Gasteiger partial charge in [-0.05, 0) is 24.1 Å². The van der Waals surface area contributed by atoms with E-state index in [9.17, 15) is 8.78 Å². The molecule has 1 heterocycles. The van der Waals surface area contributed by atoms with Gasteiger partial charge in [0.15, 0.2) is 11.6 Å². The van der Waals surface area contributed by atoms with Gasteiger partial charge in [-0.3, -0.25) is 0 Å². The topological polar surface area (TPSA) is 27.0 Å². The van der Waals surface area contributed by atoms with Crippen LogP contribution in [0.25, 0.3) is 0 Å². The van der Waals surface area contributed by atoms with E-state index in [0.29, 0.717) is 19.0 Å². The highest BCUT2D eigenvalue weighted by Crippen LogP contribution is 2.33. The van der Waals surface area contributed by atoms with Gasteiger partial charge in [0.2, 0.25) is 0 Å². The average molecular weight is 284 g/mol. The van der Waals surface area contributed by atoms with E-state index < -0.39 is 11.6 Å². The molecular formula is C17H14F2N2. The minimum absolute atomic E-state index is 0.241. The molecule has 1 unspecified atom stereocenters. The van der Waals surface area contributed by atoms with E-state index in [0.717, 1.165) is 6.42 Å². The Kier molecular flexibility index (Phi) is 3.57. The van der Waals surface area contributed by atoms with Gasteiger partial charge < -0.3 is 4.90 Å². The number of nitriles is 1. The molecule has 2 nitrogen and oxygen atoms in total. The minimum atomic E-state index is -1.06. The Hall–Kier alpha value is -2.41. The molecule has 1 saturated heterocycles. The van der Waals surface area contributed by atoms with Crippen LogP contribution >= 0.6 is 0 Å². The Labute approximate surface area is 122 Å². The number of nitrogens with zero attached hydrogens (tertiary/aromatic N) is 2. The maximum atomic E-state index is 14.1. The van der Waals surface area contributed by atoms with Gasteiger partial charge in [0, 0.05) is 19.0 Å². The molecule has 1 atom stereocenters. The van der Waals surface area contributed by atoms with Crippen LogP contribution in [-0.2, 0) is 0 Å². The van der Waals surface area contributed by atoms with Crippen molar-refractivity contribution >= 4 is 5.69 Å². The normalized spacial score (nSPS) is 17.8. The SMILES string of the molecule is N#Cc1ccc(N2CCC(c3ccccc3)C2)c(F)c1F. The molecule has 0 amide bonds. The van der Waals surface area contributed by atoms with Gasteiger partial charge in [-0.2, -0.15) is 5.26 Å². The Bertz CT molecular complexity index is 692. The fraction of sp³-hybridized carbons (Fsp3) is 0.235. The fourth-order valence-corrected chi connectivity index (χ4v) is 2.85. The fourth-order valence-electron chi connectivity index (χ4n) is 2.85. The lowest BCUT2D eigenvalue weighted by molar-refractivity contribution is 0.505. The lowest BCUT2D eigenvalue weighted by Gasteiger charge is -2.20. The molecule has 0 aliphatic carbocycles. The van der Waals surface area contributed by atoms with Crippen molar-refractivity contribution in [1.82, 2.24) is 0 Å². The Morgan fingerprint density at radius 1 is 1.05 bits per heavy atom. The Morgan fingerprint density at radius 2 is 1.81 bits per heavy atom. The molecule has 1 aliphatic heterocycles. The molecular weight excluding hydrogens is 270 g/mol. The summed E-state index contributed by atoms with van der Waals surface area (Å²) < 4.78 is 27.8. The van der Waals surface area contributed by atoms with Crippen LogP contribution in [0.3, 0.4) is 0 Å². The van der Waals surface area contributed by atoms with E-state index >= 15 is 0 Å². The second-order valence-corrected chi connectivity index (χ2v) is 5.21. The first-order valence-corrected chi connectivity index (χ1v) is 6.88. The molecule has 0 bridgehead atoms. The smallest absolute Gasteiger partial charge is 0.183 e. The van der Waals surface area contributed by atoms with Crippen LogP contribution in [0.2, 0.25) is 0 Å². The van der Waals surface area contributed by atoms with Crippen molar-refractivity contribution in [2.75, 3.05) is 18.0 Å². The summed E-state index contributed by atoms with van der Waals surface area (Å²) in [5.41, 5.74) is 1.20. The molecule has 0 spiro atoms. The van der Waals surface area contributed by atoms with E-state index in [-0.39, 0.29) is 11.3 Å². The molecule has 0 aromatic heterocycles. The summed E-state index contributed by atoms with van der Waals surface area (Å²) >= 11 is 0. The van der Waals surface area contributed by atoms with Crippen molar-refractivity contribution in [3.05, 3.63) is 65.2 Å². The van der Waals surface area contributed by atoms with Crippen LogP contribution in [0.1, 0.15) is 23.5 Å². The largest absolute Gasteiger partial charge is 0.368 e. The molecule has 0 saturated carbocycles. The quantitative estimate of drug-likeness (QED) is 0.838. The summed E-state index contributed by atoms with van der Waals surface area (Å²) in [5.74, 6) is -1.66. The van der Waals surface area contributed by atoms with Crippen molar-refractivity contribution in [2.24, 2.45) is 0 Å². The monoisotopic (exact) mass is 284 g/mol. The first-order chi connectivity index (χ1) is 10.2. The van der Waals surface area contributed by atoms with Crippen molar-refractivity contribution in [2.45, 2.75) is 12.3 Å². The van der Waals surface area contributed by atoms with Crippen LogP contribution in [0.5, 0.6) is 0 Å². The van der Waals surface area contributed by atoms with E-state index in [2.05, 4.69) is 12.1 Å². The summed E-state index contributed by atoms with van der Waals surface area (Å²) in [4.78, 5) is 1.84. The van der Waals surface area contributed by atoms with Crippen LogP contribution in [0.15, 0.2) is 42.5 Å². The first kappa shape index (κ1) is 13.6. The highest BCUT2D eigenvalue weighted by atomic mass is 19.2. The third-order valence-corrected chi connectivity index (χ3v) is 3.98. The van der Waals surface area contributed by atoms with Crippen LogP contribution < -0.4 is 4.90 Å². The van der Waals surface area contributed by atoms with E-state index in [4.69, 9.17) is 5.26 Å². The van der Waals surface area contributed by atoms with E-state index in [1.165, 1.54) is 17.7 Å². The van der Waals surface area contributed by atoms with Gasteiger partial charge in [0.25, 0.3) is 0 Å². The molecule has 4 heteroatoms. The van der Waals surface area contributed by atoms with Crippen molar-refractivity contribution in [1.29, 1.82) is 5.26 Å². The number of anilines is 1. The zero-order valence-electron chi connectivity index (χ0n) is 11.4. The highest BCUT2D eigenvalue weighted by molar-refractivity contribution is 5.53. The Morgan fingerprint density at radius 3 is 2.52 bits per heavy atom. The second kappa shape index (κ2) is 5.53. The third-order valence-electron chi connectivity index (χ3n) is 3.98. The lowest BCUT2D eigenvalue weighted by Crippen LogP contribution is -2.21. The number of hydrogen-bond acceptors (Lipinski definition) is 2. The number of halogens is 2. The summed E-state index contributed by atoms with van der Waals surface area (Å²) in [6, 6.07) is 14.5. The minimum Gasteiger partial charge on any atom is -0.368 e. The number of hydrogen-bond donors (Lipinski definition) is 0. The molecule has 1 fully saturated rings. The van der Waals surface area contributed by atoms with Crippen LogP contribution in [-0.4, -0.2) is 13.1 Å². The number of benzene rings is 2. The van der Waals surface area contributed by atoms with Gasteiger partial charge in [0.05, 0.1) is 11.3 Å². The zero-order chi connectivity index (χ0) is 14.8. The lowest BCUT2D eigenvalue weighted by atomic mass is 9.99. The highest BCUT2D eigenvalue weighted by Gasteiger charge is 2.27. The maximum absolute atomic E-state index is 14.1. The molecule has 0 N–H and O–H groups in total. The summed E-state index contributed by atoms with van der Waals surface area (Å²) in [5, 5.41) is 8.72. The average Bonchev–Trinajstić information content (AvgIpc) is 3.00. The predicted octanol–water partition coefficient (Wildman–Crippen LogP) is 3.83. The molecule has 3 rings (SSSR count). The predicted molar refractivity (Wildman–Crippen MR) is 77.1 cm³/mol. The molecule has 21 heavy (non-hydrogen) atoms. The zero-order valence-corrected chi connectivity index (χ0v) is 11.4. The van der Waals surface area contributed by atoms with Crippen molar-refractivity contribution < 1.29 is 8.78 Å². The van der Waals surface area contributed by atoms with Gasteiger partial charge >= 0.3 is 0 Å². The maximum Gasteiger partial charge on any atom is 0.183 e. The Balaban J connectivity index is 1.84. The van der Waals surface area contributed by atoms with Gasteiger partial charge in [-0.25, -0.2) is 8.78 Å². The summed E-state index contributed by atoms with van der Waals surface area (Å²) in [6.07, 6.45) is 0.908. The molecule has 106 valence electrons. The first-order valence-electron chi connectivity index (χ1n) is 6.88. The van der Waals surface area contributed by atoms with Gasteiger partial charge in [-0.1, -0.05) is 30.3 Å². The molecule has 1 aliphatic rings. The van der Waals surface area contributed by atoms with Crippen LogP contribution in [0.4, 0.5) is 14.5 Å². The second-order valence-electron chi connectivity index (χ2n) is 5.21.